The Balaban J connectivity index is 1.49. The fourth-order valence-corrected chi connectivity index (χ4v) is 3.06. The minimum Gasteiger partial charge on any atom is -0.383 e. The molecule has 1 amide bonds. The standard InChI is InChI=1S/C22H30N4O2/c1-22(2,3)17-4-6-18(7-5-17)25-21(27)20-9-8-19(16-24-20)23-10-11-26-12-14-28-15-13-26/h4-9,16,23H,10-15H2,1-3H3,(H,25,27). The summed E-state index contributed by atoms with van der Waals surface area (Å²) >= 11 is 0. The van der Waals surface area contributed by atoms with Gasteiger partial charge in [-0.2, -0.15) is 0 Å². The fraction of sp³-hybridized carbons (Fsp3) is 0.455. The SMILES string of the molecule is CC(C)(C)c1ccc(NC(=O)c2ccc(NCCN3CCOCC3)cn2)cc1. The van der Waals surface area contributed by atoms with E-state index in [1.54, 1.807) is 12.3 Å². The molecule has 1 saturated heterocycles. The van der Waals surface area contributed by atoms with Gasteiger partial charge in [0.2, 0.25) is 0 Å². The molecule has 1 aromatic heterocycles. The molecule has 28 heavy (non-hydrogen) atoms. The van der Waals surface area contributed by atoms with Crippen LogP contribution < -0.4 is 10.6 Å². The summed E-state index contributed by atoms with van der Waals surface area (Å²) < 4.78 is 5.35. The van der Waals surface area contributed by atoms with E-state index in [2.05, 4.69) is 41.3 Å². The Labute approximate surface area is 167 Å². The first-order valence-electron chi connectivity index (χ1n) is 9.84. The minimum atomic E-state index is -0.205. The third kappa shape index (κ3) is 5.78. The first-order chi connectivity index (χ1) is 13.4. The molecule has 6 nitrogen and oxygen atoms in total. The van der Waals surface area contributed by atoms with E-state index >= 15 is 0 Å². The number of ether oxygens (including phenoxy) is 1. The van der Waals surface area contributed by atoms with E-state index in [0.29, 0.717) is 5.69 Å². The van der Waals surface area contributed by atoms with E-state index in [4.69, 9.17) is 4.74 Å². The number of hydrogen-bond donors (Lipinski definition) is 2. The number of morpholine rings is 1. The zero-order chi connectivity index (χ0) is 20.0. The maximum absolute atomic E-state index is 12.4. The average Bonchev–Trinajstić information content (AvgIpc) is 2.69. The van der Waals surface area contributed by atoms with Crippen LogP contribution >= 0.6 is 0 Å². The molecule has 150 valence electrons. The van der Waals surface area contributed by atoms with Gasteiger partial charge >= 0.3 is 0 Å². The quantitative estimate of drug-likeness (QED) is 0.802. The molecular weight excluding hydrogens is 352 g/mol. The highest BCUT2D eigenvalue weighted by atomic mass is 16.5. The summed E-state index contributed by atoms with van der Waals surface area (Å²) in [6.07, 6.45) is 1.71. The monoisotopic (exact) mass is 382 g/mol. The maximum Gasteiger partial charge on any atom is 0.274 e. The summed E-state index contributed by atoms with van der Waals surface area (Å²) in [5.41, 5.74) is 3.41. The molecule has 0 aliphatic carbocycles. The summed E-state index contributed by atoms with van der Waals surface area (Å²) in [5.74, 6) is -0.205. The molecule has 0 bridgehead atoms. The van der Waals surface area contributed by atoms with Crippen molar-refractivity contribution in [3.63, 3.8) is 0 Å². The molecule has 0 spiro atoms. The Bertz CT molecular complexity index is 761. The molecule has 6 heteroatoms. The zero-order valence-corrected chi connectivity index (χ0v) is 17.0. The Morgan fingerprint density at radius 1 is 1.07 bits per heavy atom. The topological polar surface area (TPSA) is 66.5 Å². The van der Waals surface area contributed by atoms with Crippen LogP contribution in [0.5, 0.6) is 0 Å². The number of amides is 1. The molecule has 2 N–H and O–H groups in total. The summed E-state index contributed by atoms with van der Waals surface area (Å²) in [6, 6.07) is 11.6. The minimum absolute atomic E-state index is 0.0920. The third-order valence-corrected chi connectivity index (χ3v) is 4.87. The second kappa shape index (κ2) is 9.17. The van der Waals surface area contributed by atoms with Crippen LogP contribution in [0.1, 0.15) is 36.8 Å². The lowest BCUT2D eigenvalue weighted by molar-refractivity contribution is 0.0398. The van der Waals surface area contributed by atoms with Gasteiger partial charge in [-0.1, -0.05) is 32.9 Å². The predicted octanol–water partition coefficient (Wildman–Crippen LogP) is 3.38. The van der Waals surface area contributed by atoms with Crippen molar-refractivity contribution in [2.75, 3.05) is 50.0 Å². The van der Waals surface area contributed by atoms with Crippen molar-refractivity contribution in [2.24, 2.45) is 0 Å². The molecule has 1 aliphatic rings. The number of aromatic nitrogens is 1. The lowest BCUT2D eigenvalue weighted by atomic mass is 9.87. The van der Waals surface area contributed by atoms with Gasteiger partial charge < -0.3 is 15.4 Å². The first-order valence-corrected chi connectivity index (χ1v) is 9.84. The van der Waals surface area contributed by atoms with Gasteiger partial charge in [0.05, 0.1) is 25.1 Å². The van der Waals surface area contributed by atoms with Crippen LogP contribution in [-0.2, 0) is 10.2 Å². The number of anilines is 2. The van der Waals surface area contributed by atoms with Crippen LogP contribution in [0.25, 0.3) is 0 Å². The number of rotatable bonds is 6. The van der Waals surface area contributed by atoms with Gasteiger partial charge in [0.15, 0.2) is 0 Å². The first kappa shape index (κ1) is 20.3. The fourth-order valence-electron chi connectivity index (χ4n) is 3.06. The van der Waals surface area contributed by atoms with Crippen molar-refractivity contribution in [3.8, 4) is 0 Å². The predicted molar refractivity (Wildman–Crippen MR) is 113 cm³/mol. The van der Waals surface area contributed by atoms with Crippen molar-refractivity contribution in [1.29, 1.82) is 0 Å². The Kier molecular flexibility index (Phi) is 6.65. The highest BCUT2D eigenvalue weighted by molar-refractivity contribution is 6.02. The summed E-state index contributed by atoms with van der Waals surface area (Å²) in [7, 11) is 0. The Hall–Kier alpha value is -2.44. The van der Waals surface area contributed by atoms with E-state index in [-0.39, 0.29) is 11.3 Å². The second-order valence-electron chi connectivity index (χ2n) is 8.09. The smallest absolute Gasteiger partial charge is 0.274 e. The van der Waals surface area contributed by atoms with Crippen molar-refractivity contribution in [2.45, 2.75) is 26.2 Å². The summed E-state index contributed by atoms with van der Waals surface area (Å²) in [5, 5.41) is 6.25. The van der Waals surface area contributed by atoms with E-state index in [1.165, 1.54) is 5.56 Å². The molecule has 2 heterocycles. The highest BCUT2D eigenvalue weighted by Gasteiger charge is 2.14. The van der Waals surface area contributed by atoms with Crippen LogP contribution in [0.2, 0.25) is 0 Å². The molecule has 1 aliphatic heterocycles. The molecule has 1 fully saturated rings. The zero-order valence-electron chi connectivity index (χ0n) is 17.0. The van der Waals surface area contributed by atoms with Crippen molar-refractivity contribution in [1.82, 2.24) is 9.88 Å². The van der Waals surface area contributed by atoms with E-state index in [1.807, 2.05) is 30.3 Å². The van der Waals surface area contributed by atoms with Crippen LogP contribution in [0, 0.1) is 0 Å². The number of nitrogens with one attached hydrogen (secondary N) is 2. The molecule has 2 aromatic rings. The normalized spacial score (nSPS) is 15.2. The molecule has 3 rings (SSSR count). The van der Waals surface area contributed by atoms with Crippen LogP contribution in [-0.4, -0.2) is 55.2 Å². The number of hydrogen-bond acceptors (Lipinski definition) is 5. The number of carbonyl (C=O) groups is 1. The number of benzene rings is 1. The second-order valence-corrected chi connectivity index (χ2v) is 8.09. The summed E-state index contributed by atoms with van der Waals surface area (Å²) in [6.45, 7) is 11.9. The summed E-state index contributed by atoms with van der Waals surface area (Å²) in [4.78, 5) is 19.1. The van der Waals surface area contributed by atoms with Crippen LogP contribution in [0.15, 0.2) is 42.6 Å². The number of carbonyl (C=O) groups excluding carboxylic acids is 1. The lowest BCUT2D eigenvalue weighted by Gasteiger charge is -2.26. The van der Waals surface area contributed by atoms with E-state index in [9.17, 15) is 4.79 Å². The van der Waals surface area contributed by atoms with Crippen molar-refractivity contribution >= 4 is 17.3 Å². The maximum atomic E-state index is 12.4. The Morgan fingerprint density at radius 3 is 2.36 bits per heavy atom. The van der Waals surface area contributed by atoms with Crippen molar-refractivity contribution in [3.05, 3.63) is 53.9 Å². The van der Waals surface area contributed by atoms with Gasteiger partial charge in [-0.15, -0.1) is 0 Å². The van der Waals surface area contributed by atoms with Crippen LogP contribution in [0.3, 0.4) is 0 Å². The van der Waals surface area contributed by atoms with Crippen molar-refractivity contribution < 1.29 is 9.53 Å². The van der Waals surface area contributed by atoms with Gasteiger partial charge in [0.1, 0.15) is 5.69 Å². The molecule has 1 aromatic carbocycles. The molecule has 0 unspecified atom stereocenters. The molecule has 0 radical (unpaired) electrons. The van der Waals surface area contributed by atoms with E-state index in [0.717, 1.165) is 50.8 Å². The number of nitrogens with zero attached hydrogens (tertiary/aromatic N) is 2. The Morgan fingerprint density at radius 2 is 1.75 bits per heavy atom. The van der Waals surface area contributed by atoms with Crippen LogP contribution in [0.4, 0.5) is 11.4 Å². The lowest BCUT2D eigenvalue weighted by Crippen LogP contribution is -2.39. The van der Waals surface area contributed by atoms with Gasteiger partial charge in [-0.3, -0.25) is 9.69 Å². The highest BCUT2D eigenvalue weighted by Crippen LogP contribution is 2.23. The largest absolute Gasteiger partial charge is 0.383 e. The molecular formula is C22H30N4O2. The third-order valence-electron chi connectivity index (χ3n) is 4.87. The van der Waals surface area contributed by atoms with Gasteiger partial charge in [-0.25, -0.2) is 4.98 Å². The van der Waals surface area contributed by atoms with E-state index < -0.39 is 0 Å². The van der Waals surface area contributed by atoms with Gasteiger partial charge in [0.25, 0.3) is 5.91 Å². The van der Waals surface area contributed by atoms with Gasteiger partial charge in [0, 0.05) is 31.9 Å². The van der Waals surface area contributed by atoms with Gasteiger partial charge in [-0.05, 0) is 35.2 Å². The average molecular weight is 383 g/mol. The number of pyridine rings is 1. The molecule has 0 saturated carbocycles. The molecule has 0 atom stereocenters.